The molecule has 1 saturated heterocycles. The third-order valence-electron chi connectivity index (χ3n) is 6.12. The molecule has 1 saturated carbocycles. The van der Waals surface area contributed by atoms with Gasteiger partial charge in [-0.1, -0.05) is 12.2 Å². The summed E-state index contributed by atoms with van der Waals surface area (Å²) in [5.41, 5.74) is 6.58. The van der Waals surface area contributed by atoms with E-state index in [4.69, 9.17) is 15.6 Å². The molecule has 3 N–H and O–H groups in total. The minimum Gasteiger partial charge on any atom is -0.449 e. The normalized spacial score (nSPS) is 26.5. The summed E-state index contributed by atoms with van der Waals surface area (Å²) < 4.78 is 6.66. The zero-order valence-corrected chi connectivity index (χ0v) is 15.3. The van der Waals surface area contributed by atoms with Crippen molar-refractivity contribution >= 4 is 22.9 Å². The van der Waals surface area contributed by atoms with Gasteiger partial charge in [0.05, 0.1) is 17.1 Å². The van der Waals surface area contributed by atoms with Crippen molar-refractivity contribution in [3.63, 3.8) is 0 Å². The predicted octanol–water partition coefficient (Wildman–Crippen LogP) is 2.13. The van der Waals surface area contributed by atoms with Gasteiger partial charge in [0.15, 0.2) is 5.75 Å². The first-order chi connectivity index (χ1) is 13.5. The van der Waals surface area contributed by atoms with Crippen LogP contribution in [-0.2, 0) is 0 Å². The van der Waals surface area contributed by atoms with Crippen LogP contribution in [0.2, 0.25) is 0 Å². The van der Waals surface area contributed by atoms with Gasteiger partial charge < -0.3 is 25.0 Å². The van der Waals surface area contributed by atoms with Gasteiger partial charge in [0.2, 0.25) is 5.43 Å². The average Bonchev–Trinajstić information content (AvgIpc) is 3.41. The van der Waals surface area contributed by atoms with Crippen molar-refractivity contribution in [3.05, 3.63) is 40.8 Å². The number of anilines is 1. The highest BCUT2D eigenvalue weighted by Gasteiger charge is 2.37. The lowest BCUT2D eigenvalue weighted by Gasteiger charge is -2.25. The van der Waals surface area contributed by atoms with Crippen molar-refractivity contribution in [2.75, 3.05) is 18.0 Å². The van der Waals surface area contributed by atoms with Crippen LogP contribution < -0.4 is 20.8 Å². The van der Waals surface area contributed by atoms with Crippen molar-refractivity contribution in [2.45, 2.75) is 31.3 Å². The smallest absolute Gasteiger partial charge is 0.449 e. The maximum atomic E-state index is 12.7. The number of nitrogens with two attached hydrogens (primary N) is 1. The van der Waals surface area contributed by atoms with E-state index in [0.717, 1.165) is 43.7 Å². The zero-order chi connectivity index (χ0) is 19.4. The van der Waals surface area contributed by atoms with Crippen molar-refractivity contribution in [3.8, 4) is 5.75 Å². The Morgan fingerprint density at radius 3 is 2.86 bits per heavy atom. The molecule has 3 atom stereocenters. The summed E-state index contributed by atoms with van der Waals surface area (Å²) >= 11 is 0. The third-order valence-corrected chi connectivity index (χ3v) is 6.12. The first-order valence-electron chi connectivity index (χ1n) is 9.64. The van der Waals surface area contributed by atoms with Crippen molar-refractivity contribution < 1.29 is 14.6 Å². The molecule has 0 unspecified atom stereocenters. The fourth-order valence-corrected chi connectivity index (χ4v) is 4.53. The van der Waals surface area contributed by atoms with Gasteiger partial charge in [-0.05, 0) is 31.1 Å². The molecule has 0 radical (unpaired) electrons. The molecule has 3 heterocycles. The van der Waals surface area contributed by atoms with E-state index in [1.165, 1.54) is 6.20 Å². The Morgan fingerprint density at radius 1 is 1.32 bits per heavy atom. The van der Waals surface area contributed by atoms with Gasteiger partial charge >= 0.3 is 6.16 Å². The van der Waals surface area contributed by atoms with Crippen molar-refractivity contribution in [2.24, 2.45) is 17.6 Å². The third kappa shape index (κ3) is 2.84. The summed E-state index contributed by atoms with van der Waals surface area (Å²) in [5.74, 6) is 1.59. The largest absolute Gasteiger partial charge is 0.511 e. The van der Waals surface area contributed by atoms with Crippen LogP contribution in [0.15, 0.2) is 35.4 Å². The van der Waals surface area contributed by atoms with E-state index < -0.39 is 11.6 Å². The minimum absolute atomic E-state index is 0.0737. The number of nitrogens with zero attached hydrogens (tertiary/aromatic N) is 3. The lowest BCUT2D eigenvalue weighted by Crippen LogP contribution is -2.35. The zero-order valence-electron chi connectivity index (χ0n) is 15.3. The van der Waals surface area contributed by atoms with Gasteiger partial charge in [0.1, 0.15) is 5.82 Å². The molecular formula is C20H22N4O4. The molecular weight excluding hydrogens is 360 g/mol. The molecule has 8 heteroatoms. The highest BCUT2D eigenvalue weighted by Crippen LogP contribution is 2.39. The quantitative estimate of drug-likeness (QED) is 0.618. The van der Waals surface area contributed by atoms with Gasteiger partial charge in [-0.2, -0.15) is 0 Å². The number of allylic oxidation sites excluding steroid dienone is 1. The van der Waals surface area contributed by atoms with Crippen molar-refractivity contribution in [1.82, 2.24) is 9.55 Å². The maximum Gasteiger partial charge on any atom is 0.511 e. The molecule has 0 spiro atoms. The number of hydrogen-bond acceptors (Lipinski definition) is 6. The first kappa shape index (κ1) is 17.2. The average molecular weight is 382 g/mol. The van der Waals surface area contributed by atoms with E-state index >= 15 is 0 Å². The number of fused-ring (bicyclic) bond motifs is 2. The van der Waals surface area contributed by atoms with E-state index in [-0.39, 0.29) is 17.8 Å². The lowest BCUT2D eigenvalue weighted by atomic mass is 9.83. The minimum atomic E-state index is -1.49. The van der Waals surface area contributed by atoms with E-state index in [9.17, 15) is 9.59 Å². The summed E-state index contributed by atoms with van der Waals surface area (Å²) in [7, 11) is 0. The van der Waals surface area contributed by atoms with Crippen LogP contribution in [0.25, 0.3) is 10.9 Å². The fourth-order valence-electron chi connectivity index (χ4n) is 4.53. The fraction of sp³-hybridized carbons (Fsp3) is 0.450. The number of aromatic nitrogens is 2. The summed E-state index contributed by atoms with van der Waals surface area (Å²) in [4.78, 5) is 30.3. The Kier molecular flexibility index (Phi) is 3.90. The van der Waals surface area contributed by atoms with Crippen molar-refractivity contribution in [1.29, 1.82) is 0 Å². The van der Waals surface area contributed by atoms with Crippen LogP contribution in [-0.4, -0.2) is 39.9 Å². The molecule has 2 aromatic rings. The van der Waals surface area contributed by atoms with Crippen LogP contribution in [0.3, 0.4) is 0 Å². The number of hydrogen-bond donors (Lipinski definition) is 2. The second-order valence-electron chi connectivity index (χ2n) is 7.96. The highest BCUT2D eigenvalue weighted by molar-refractivity contribution is 5.83. The molecule has 0 aromatic carbocycles. The summed E-state index contributed by atoms with van der Waals surface area (Å²) in [6.07, 6.45) is 8.85. The van der Waals surface area contributed by atoms with Crippen LogP contribution in [0.5, 0.6) is 5.75 Å². The predicted molar refractivity (Wildman–Crippen MR) is 104 cm³/mol. The first-order valence-corrected chi connectivity index (χ1v) is 9.64. The topological polar surface area (TPSA) is 111 Å². The molecule has 146 valence electrons. The molecule has 2 aromatic heterocycles. The van der Waals surface area contributed by atoms with E-state index in [1.54, 1.807) is 6.20 Å². The van der Waals surface area contributed by atoms with Gasteiger partial charge in [-0.3, -0.25) is 4.79 Å². The molecule has 0 bridgehead atoms. The van der Waals surface area contributed by atoms with Crippen LogP contribution in [0.4, 0.5) is 10.6 Å². The van der Waals surface area contributed by atoms with Gasteiger partial charge in [-0.15, -0.1) is 0 Å². The Bertz CT molecular complexity index is 1040. The Hall–Kier alpha value is -2.87. The molecule has 0 amide bonds. The molecule has 28 heavy (non-hydrogen) atoms. The van der Waals surface area contributed by atoms with E-state index in [1.807, 2.05) is 10.6 Å². The molecule has 8 nitrogen and oxygen atoms in total. The molecule has 1 aliphatic heterocycles. The van der Waals surface area contributed by atoms with Crippen LogP contribution in [0.1, 0.15) is 25.3 Å². The summed E-state index contributed by atoms with van der Waals surface area (Å²) in [6.45, 7) is 1.75. The summed E-state index contributed by atoms with van der Waals surface area (Å²) in [5, 5.41) is 9.29. The molecule has 2 aliphatic carbocycles. The second kappa shape index (κ2) is 6.34. The van der Waals surface area contributed by atoms with Crippen LogP contribution in [0, 0.1) is 11.8 Å². The number of rotatable bonds is 3. The van der Waals surface area contributed by atoms with Gasteiger partial charge in [0, 0.05) is 37.4 Å². The SMILES string of the molecule is N[C@@H]1C=CC[C@@H]2CN(c3cc4c(cn3)c(=O)c(OC(=O)O)cn4C3CC3)C[C@@H]21. The molecule has 5 rings (SSSR count). The lowest BCUT2D eigenvalue weighted by molar-refractivity contribution is 0.143. The molecule has 2 fully saturated rings. The highest BCUT2D eigenvalue weighted by atomic mass is 16.7. The van der Waals surface area contributed by atoms with E-state index in [2.05, 4.69) is 22.0 Å². The standard InChI is InChI=1S/C20H22N4O4/c21-15-3-1-2-11-8-23(9-14(11)15)18-6-16-13(7-22-18)19(25)17(28-20(26)27)10-24(16)12-4-5-12/h1,3,6-7,10-12,14-15H,2,4-5,8-9,21H2,(H,26,27)/t11-,14+,15-/m1/s1. The second-order valence-corrected chi connectivity index (χ2v) is 7.96. The number of ether oxygens (including phenoxy) is 1. The maximum absolute atomic E-state index is 12.7. The van der Waals surface area contributed by atoms with E-state index in [0.29, 0.717) is 17.2 Å². The number of carboxylic acid groups (broad SMARTS) is 1. The number of pyridine rings is 2. The molecule has 3 aliphatic rings. The van der Waals surface area contributed by atoms with Gasteiger partial charge in [-0.25, -0.2) is 9.78 Å². The monoisotopic (exact) mass is 382 g/mol. The van der Waals surface area contributed by atoms with Crippen LogP contribution >= 0.6 is 0 Å². The Balaban J connectivity index is 1.55. The Morgan fingerprint density at radius 2 is 2.14 bits per heavy atom. The van der Waals surface area contributed by atoms with Gasteiger partial charge in [0.25, 0.3) is 0 Å². The Labute approximate surface area is 161 Å². The summed E-state index contributed by atoms with van der Waals surface area (Å²) in [6, 6.07) is 2.27. The number of carbonyl (C=O) groups is 1.